The first-order chi connectivity index (χ1) is 12.6. The van der Waals surface area contributed by atoms with Crippen LogP contribution in [0, 0.1) is 0 Å². The van der Waals surface area contributed by atoms with E-state index in [1.165, 1.54) is 0 Å². The maximum atomic E-state index is 12.8. The molecule has 0 saturated carbocycles. The molecule has 0 bridgehead atoms. The number of guanidine groups is 1. The van der Waals surface area contributed by atoms with Crippen LogP contribution in [0.15, 0.2) is 39.7 Å². The highest BCUT2D eigenvalue weighted by atomic mass is 32.1. The zero-order chi connectivity index (χ0) is 18.9. The lowest BCUT2D eigenvalue weighted by molar-refractivity contribution is -0.133. The van der Waals surface area contributed by atoms with E-state index in [1.54, 1.807) is 4.90 Å². The fourth-order valence-corrected chi connectivity index (χ4v) is 3.32. The zero-order valence-corrected chi connectivity index (χ0v) is 16.5. The molecule has 26 heavy (non-hydrogen) atoms. The van der Waals surface area contributed by atoms with Crippen LogP contribution in [-0.4, -0.2) is 54.0 Å². The highest BCUT2D eigenvalue weighted by Gasteiger charge is 2.32. The number of benzene rings is 1. The van der Waals surface area contributed by atoms with Crippen molar-refractivity contribution in [2.75, 3.05) is 20.1 Å². The average Bonchev–Trinajstić information content (AvgIpc) is 3.12. The Labute approximate surface area is 161 Å². The minimum absolute atomic E-state index is 0.0555. The number of amides is 1. The molecule has 0 radical (unpaired) electrons. The Morgan fingerprint density at radius 2 is 2.15 bits per heavy atom. The van der Waals surface area contributed by atoms with E-state index in [0.717, 1.165) is 37.8 Å². The smallest absolute Gasteiger partial charge is 0.241 e. The van der Waals surface area contributed by atoms with Crippen molar-refractivity contribution in [1.82, 2.24) is 9.80 Å². The molecule has 0 aliphatic carbocycles. The van der Waals surface area contributed by atoms with Crippen LogP contribution in [0.25, 0.3) is 0 Å². The van der Waals surface area contributed by atoms with Crippen LogP contribution in [0.2, 0.25) is 0 Å². The molecule has 1 aromatic rings. The van der Waals surface area contributed by atoms with E-state index in [-0.39, 0.29) is 12.1 Å². The molecule has 2 unspecified atom stereocenters. The van der Waals surface area contributed by atoms with Gasteiger partial charge in [0, 0.05) is 32.6 Å². The molecule has 1 aliphatic heterocycles. The predicted octanol–water partition coefficient (Wildman–Crippen LogP) is 2.32. The third-order valence-electron chi connectivity index (χ3n) is 4.65. The Hall–Kier alpha value is -1.86. The summed E-state index contributed by atoms with van der Waals surface area (Å²) in [6, 6.07) is 9.29. The van der Waals surface area contributed by atoms with Gasteiger partial charge in [0.05, 0.1) is 6.04 Å². The van der Waals surface area contributed by atoms with Gasteiger partial charge < -0.3 is 15.5 Å². The number of nitrogens with zero attached hydrogens (tertiary/aromatic N) is 4. The highest BCUT2D eigenvalue weighted by Crippen LogP contribution is 2.20. The summed E-state index contributed by atoms with van der Waals surface area (Å²) in [5, 5.41) is 0. The van der Waals surface area contributed by atoms with E-state index in [1.807, 2.05) is 42.3 Å². The topological polar surface area (TPSA) is 74.3 Å². The molecule has 7 heteroatoms. The second kappa shape index (κ2) is 10.3. The number of hydrogen-bond donors (Lipinski definition) is 1. The average molecular weight is 376 g/mol. The van der Waals surface area contributed by atoms with Gasteiger partial charge in [-0.25, -0.2) is 4.99 Å². The molecule has 1 saturated heterocycles. The molecule has 1 aliphatic rings. The lowest BCUT2D eigenvalue weighted by Crippen LogP contribution is -2.47. The van der Waals surface area contributed by atoms with Crippen molar-refractivity contribution in [2.45, 2.75) is 51.2 Å². The quantitative estimate of drug-likeness (QED) is 0.586. The van der Waals surface area contributed by atoms with E-state index in [4.69, 9.17) is 18.2 Å². The molecule has 0 aromatic heterocycles. The van der Waals surface area contributed by atoms with Gasteiger partial charge in [-0.3, -0.25) is 4.79 Å². The van der Waals surface area contributed by atoms with Crippen molar-refractivity contribution in [3.8, 4) is 0 Å². The van der Waals surface area contributed by atoms with Crippen LogP contribution < -0.4 is 5.73 Å². The standard InChI is InChI=1S/C19H29N5OS/c1-3-4-12-23(2)19(22-26)21-17-11-8-13-24(17)18(25)16(20)14-15-9-6-5-7-10-15/h5-7,9-10,16-17H,3-4,8,11-14,20H2,1-2H3. The summed E-state index contributed by atoms with van der Waals surface area (Å²) in [4.78, 5) is 21.2. The molecular formula is C19H29N5OS. The molecule has 2 atom stereocenters. The van der Waals surface area contributed by atoms with Gasteiger partial charge >= 0.3 is 0 Å². The normalized spacial score (nSPS) is 18.7. The Bertz CT molecular complexity index is 622. The van der Waals surface area contributed by atoms with Gasteiger partial charge in [-0.1, -0.05) is 43.7 Å². The van der Waals surface area contributed by atoms with Gasteiger partial charge in [-0.15, -0.1) is 4.36 Å². The maximum Gasteiger partial charge on any atom is 0.241 e. The van der Waals surface area contributed by atoms with Crippen molar-refractivity contribution in [2.24, 2.45) is 15.1 Å². The molecule has 6 nitrogen and oxygen atoms in total. The van der Waals surface area contributed by atoms with Gasteiger partial charge in [-0.05, 0) is 31.2 Å². The fraction of sp³-hybridized carbons (Fsp3) is 0.579. The molecule has 142 valence electrons. The monoisotopic (exact) mass is 375 g/mol. The summed E-state index contributed by atoms with van der Waals surface area (Å²) < 4.78 is 3.90. The summed E-state index contributed by atoms with van der Waals surface area (Å²) in [5.74, 6) is 0.467. The number of nitrogens with two attached hydrogens (primary N) is 1. The Morgan fingerprint density at radius 1 is 1.42 bits per heavy atom. The number of rotatable bonds is 7. The summed E-state index contributed by atoms with van der Waals surface area (Å²) in [6.07, 6.45) is 4.19. The molecule has 0 spiro atoms. The third kappa shape index (κ3) is 5.57. The van der Waals surface area contributed by atoms with E-state index < -0.39 is 6.04 Å². The van der Waals surface area contributed by atoms with Crippen LogP contribution in [0.5, 0.6) is 0 Å². The van der Waals surface area contributed by atoms with Gasteiger partial charge in [0.1, 0.15) is 6.17 Å². The first kappa shape index (κ1) is 20.5. The number of hydrogen-bond acceptors (Lipinski definition) is 4. The first-order valence-electron chi connectivity index (χ1n) is 9.29. The largest absolute Gasteiger partial charge is 0.343 e. The second-order valence-electron chi connectivity index (χ2n) is 6.75. The molecule has 2 N–H and O–H groups in total. The Balaban J connectivity index is 2.04. The zero-order valence-electron chi connectivity index (χ0n) is 15.7. The number of likely N-dealkylation sites (tertiary alicyclic amines) is 1. The van der Waals surface area contributed by atoms with E-state index in [0.29, 0.717) is 18.9 Å². The summed E-state index contributed by atoms with van der Waals surface area (Å²) >= 11 is 4.90. The fourth-order valence-electron chi connectivity index (χ4n) is 3.13. The van der Waals surface area contributed by atoms with Gasteiger partial charge in [0.25, 0.3) is 0 Å². The molecular weight excluding hydrogens is 346 g/mol. The van der Waals surface area contributed by atoms with Crippen LogP contribution >= 0.6 is 0 Å². The molecule has 1 amide bonds. The third-order valence-corrected chi connectivity index (χ3v) is 4.82. The predicted molar refractivity (Wildman–Crippen MR) is 108 cm³/mol. The first-order valence-corrected chi connectivity index (χ1v) is 9.65. The minimum Gasteiger partial charge on any atom is -0.343 e. The van der Waals surface area contributed by atoms with Crippen molar-refractivity contribution < 1.29 is 4.79 Å². The van der Waals surface area contributed by atoms with Crippen molar-refractivity contribution in [3.05, 3.63) is 35.9 Å². The molecule has 1 fully saturated rings. The highest BCUT2D eigenvalue weighted by molar-refractivity contribution is 7.47. The van der Waals surface area contributed by atoms with Crippen LogP contribution in [0.4, 0.5) is 0 Å². The van der Waals surface area contributed by atoms with Crippen molar-refractivity contribution >= 4 is 24.3 Å². The molecule has 2 rings (SSSR count). The van der Waals surface area contributed by atoms with Gasteiger partial charge in [0.15, 0.2) is 0 Å². The van der Waals surface area contributed by atoms with Crippen LogP contribution in [0.3, 0.4) is 0 Å². The van der Waals surface area contributed by atoms with E-state index >= 15 is 0 Å². The Morgan fingerprint density at radius 3 is 2.81 bits per heavy atom. The van der Waals surface area contributed by atoms with E-state index in [9.17, 15) is 4.79 Å². The number of unbranched alkanes of at least 4 members (excludes halogenated alkanes) is 1. The van der Waals surface area contributed by atoms with Gasteiger partial charge in [-0.2, -0.15) is 0 Å². The SMILES string of the molecule is CCCCN(C)C(N=S)=NC1CCCN1C(=O)C(N)Cc1ccccc1. The van der Waals surface area contributed by atoms with Crippen LogP contribution in [0.1, 0.15) is 38.2 Å². The molecule has 1 heterocycles. The van der Waals surface area contributed by atoms with E-state index in [2.05, 4.69) is 16.3 Å². The maximum absolute atomic E-state index is 12.8. The number of aliphatic imine (C=N–C) groups is 1. The Kier molecular flexibility index (Phi) is 8.12. The van der Waals surface area contributed by atoms with Gasteiger partial charge in [0.2, 0.25) is 11.9 Å². The summed E-state index contributed by atoms with van der Waals surface area (Å²) in [7, 11) is 1.94. The summed E-state index contributed by atoms with van der Waals surface area (Å²) in [5.41, 5.74) is 7.25. The van der Waals surface area contributed by atoms with Crippen molar-refractivity contribution in [1.29, 1.82) is 0 Å². The minimum atomic E-state index is -0.560. The van der Waals surface area contributed by atoms with Crippen molar-refractivity contribution in [3.63, 3.8) is 0 Å². The molecule has 1 aromatic carbocycles. The number of carbonyl (C=O) groups excluding carboxylic acids is 1. The lowest BCUT2D eigenvalue weighted by atomic mass is 10.1. The van der Waals surface area contributed by atoms with Crippen LogP contribution in [-0.2, 0) is 23.6 Å². The lowest BCUT2D eigenvalue weighted by Gasteiger charge is -2.26. The second-order valence-corrected chi connectivity index (χ2v) is 6.93. The number of carbonyl (C=O) groups is 1. The summed E-state index contributed by atoms with van der Waals surface area (Å²) in [6.45, 7) is 3.67.